The van der Waals surface area contributed by atoms with Crippen molar-refractivity contribution in [3.8, 4) is 0 Å². The fraction of sp³-hybridized carbons (Fsp3) is 0.250. The minimum atomic E-state index is -0.319. The molecule has 1 saturated heterocycles. The average Bonchev–Trinajstić information content (AvgIpc) is 3.05. The molecule has 0 spiro atoms. The molecule has 122 valence electrons. The number of amides is 1. The Balaban J connectivity index is 1.68. The van der Waals surface area contributed by atoms with Crippen LogP contribution in [-0.4, -0.2) is 50.0 Å². The van der Waals surface area contributed by atoms with Crippen molar-refractivity contribution in [3.63, 3.8) is 0 Å². The van der Waals surface area contributed by atoms with Crippen molar-refractivity contribution in [1.82, 2.24) is 29.8 Å². The molecule has 8 heteroatoms. The second kappa shape index (κ2) is 5.97. The van der Waals surface area contributed by atoms with Gasteiger partial charge in [0.1, 0.15) is 5.82 Å². The lowest BCUT2D eigenvalue weighted by Gasteiger charge is -2.35. The molecule has 1 unspecified atom stereocenters. The summed E-state index contributed by atoms with van der Waals surface area (Å²) in [5.41, 5.74) is 0.748. The third kappa shape index (κ3) is 2.61. The number of carbonyl (C=O) groups excluding carboxylic acids is 1. The van der Waals surface area contributed by atoms with Crippen LogP contribution in [0.2, 0.25) is 0 Å². The van der Waals surface area contributed by atoms with E-state index in [4.69, 9.17) is 0 Å². The number of nitrogens with zero attached hydrogens (tertiary/aromatic N) is 5. The number of halogens is 1. The van der Waals surface area contributed by atoms with Gasteiger partial charge in [-0.1, -0.05) is 12.1 Å². The number of carbonyl (C=O) groups is 1. The lowest BCUT2D eigenvalue weighted by Crippen LogP contribution is -2.49. The van der Waals surface area contributed by atoms with Gasteiger partial charge in [0.2, 0.25) is 5.82 Å². The van der Waals surface area contributed by atoms with Crippen molar-refractivity contribution in [2.45, 2.75) is 6.04 Å². The van der Waals surface area contributed by atoms with Crippen LogP contribution in [0, 0.1) is 5.82 Å². The van der Waals surface area contributed by atoms with Crippen LogP contribution in [0.1, 0.15) is 22.2 Å². The second-order valence-electron chi connectivity index (χ2n) is 5.57. The summed E-state index contributed by atoms with van der Waals surface area (Å²) >= 11 is 0. The van der Waals surface area contributed by atoms with E-state index in [0.29, 0.717) is 25.4 Å². The van der Waals surface area contributed by atoms with Gasteiger partial charge in [0, 0.05) is 32.0 Å². The van der Waals surface area contributed by atoms with Crippen LogP contribution in [0.5, 0.6) is 0 Å². The maximum Gasteiger partial charge on any atom is 0.294 e. The van der Waals surface area contributed by atoms with Gasteiger partial charge in [0.15, 0.2) is 0 Å². The Bertz CT molecular complexity index is 862. The summed E-state index contributed by atoms with van der Waals surface area (Å²) in [7, 11) is 0. The van der Waals surface area contributed by atoms with Gasteiger partial charge in [-0.25, -0.2) is 13.9 Å². The number of fused-ring (bicyclic) bond motifs is 1. The molecular weight excluding hydrogens is 311 g/mol. The highest BCUT2D eigenvalue weighted by molar-refractivity contribution is 5.91. The topological polar surface area (TPSA) is 75.4 Å². The molecule has 1 aliphatic heterocycles. The fourth-order valence-electron chi connectivity index (χ4n) is 2.91. The molecule has 0 bridgehead atoms. The smallest absolute Gasteiger partial charge is 0.294 e. The highest BCUT2D eigenvalue weighted by Crippen LogP contribution is 2.24. The lowest BCUT2D eigenvalue weighted by molar-refractivity contribution is 0.0621. The number of hydrogen-bond acceptors (Lipinski definition) is 5. The molecule has 1 aliphatic rings. The highest BCUT2D eigenvalue weighted by atomic mass is 19.1. The molecule has 1 fully saturated rings. The fourth-order valence-corrected chi connectivity index (χ4v) is 2.91. The van der Waals surface area contributed by atoms with Gasteiger partial charge < -0.3 is 10.2 Å². The SMILES string of the molecule is O=C(c1nc2ncccn2n1)N1CCNCC1c1cccc(F)c1. The van der Waals surface area contributed by atoms with E-state index in [9.17, 15) is 9.18 Å². The van der Waals surface area contributed by atoms with Crippen molar-refractivity contribution in [2.24, 2.45) is 0 Å². The number of aromatic nitrogens is 4. The minimum Gasteiger partial charge on any atom is -0.326 e. The highest BCUT2D eigenvalue weighted by Gasteiger charge is 2.31. The van der Waals surface area contributed by atoms with Gasteiger partial charge in [-0.3, -0.25) is 4.79 Å². The summed E-state index contributed by atoms with van der Waals surface area (Å²) < 4.78 is 15.0. The maximum absolute atomic E-state index is 13.6. The van der Waals surface area contributed by atoms with Gasteiger partial charge >= 0.3 is 0 Å². The lowest BCUT2D eigenvalue weighted by atomic mass is 10.0. The van der Waals surface area contributed by atoms with E-state index in [1.165, 1.54) is 16.6 Å². The number of rotatable bonds is 2. The Morgan fingerprint density at radius 2 is 2.25 bits per heavy atom. The monoisotopic (exact) mass is 326 g/mol. The Hall–Kier alpha value is -2.87. The largest absolute Gasteiger partial charge is 0.326 e. The van der Waals surface area contributed by atoms with Crippen LogP contribution in [0.25, 0.3) is 5.78 Å². The maximum atomic E-state index is 13.6. The zero-order chi connectivity index (χ0) is 16.5. The third-order valence-electron chi connectivity index (χ3n) is 4.05. The molecule has 1 amide bonds. The summed E-state index contributed by atoms with van der Waals surface area (Å²) in [5, 5.41) is 7.43. The van der Waals surface area contributed by atoms with Crippen LogP contribution < -0.4 is 5.32 Å². The van der Waals surface area contributed by atoms with Gasteiger partial charge in [0.05, 0.1) is 6.04 Å². The number of benzene rings is 1. The number of hydrogen-bond donors (Lipinski definition) is 1. The molecule has 0 radical (unpaired) electrons. The zero-order valence-electron chi connectivity index (χ0n) is 12.8. The third-order valence-corrected chi connectivity index (χ3v) is 4.05. The van der Waals surface area contributed by atoms with Crippen molar-refractivity contribution in [3.05, 3.63) is 59.9 Å². The van der Waals surface area contributed by atoms with E-state index in [1.807, 2.05) is 6.07 Å². The molecule has 4 rings (SSSR count). The molecule has 1 atom stereocenters. The van der Waals surface area contributed by atoms with E-state index in [-0.39, 0.29) is 23.6 Å². The molecule has 3 heterocycles. The minimum absolute atomic E-state index is 0.0944. The van der Waals surface area contributed by atoms with Gasteiger partial charge in [-0.05, 0) is 23.8 Å². The summed E-state index contributed by atoms with van der Waals surface area (Å²) in [6.07, 6.45) is 3.28. The van der Waals surface area contributed by atoms with E-state index < -0.39 is 0 Å². The molecule has 2 aromatic heterocycles. The summed E-state index contributed by atoms with van der Waals surface area (Å²) in [6.45, 7) is 1.73. The molecule has 0 aliphatic carbocycles. The quantitative estimate of drug-likeness (QED) is 0.762. The first kappa shape index (κ1) is 14.7. The van der Waals surface area contributed by atoms with Crippen LogP contribution >= 0.6 is 0 Å². The zero-order valence-corrected chi connectivity index (χ0v) is 12.8. The standard InChI is InChI=1S/C16H15FN6O/c17-12-4-1-3-11(9-12)13-10-18-6-8-22(13)15(24)14-20-16-19-5-2-7-23(16)21-14/h1-5,7,9,13,18H,6,8,10H2. The average molecular weight is 326 g/mol. The normalized spacial score (nSPS) is 18.0. The van der Waals surface area contributed by atoms with Gasteiger partial charge in [-0.2, -0.15) is 4.98 Å². The van der Waals surface area contributed by atoms with Crippen molar-refractivity contribution < 1.29 is 9.18 Å². The first-order chi connectivity index (χ1) is 11.7. The molecule has 3 aromatic rings. The molecule has 7 nitrogen and oxygen atoms in total. The molecular formula is C16H15FN6O. The predicted octanol–water partition coefficient (Wildman–Crippen LogP) is 1.05. The first-order valence-corrected chi connectivity index (χ1v) is 7.67. The van der Waals surface area contributed by atoms with Crippen LogP contribution in [0.3, 0.4) is 0 Å². The van der Waals surface area contributed by atoms with E-state index in [0.717, 1.165) is 5.56 Å². The van der Waals surface area contributed by atoms with E-state index in [2.05, 4.69) is 20.4 Å². The second-order valence-corrected chi connectivity index (χ2v) is 5.57. The summed E-state index contributed by atoms with van der Waals surface area (Å²) in [5.74, 6) is -0.132. The summed E-state index contributed by atoms with van der Waals surface area (Å²) in [6, 6.07) is 7.77. The van der Waals surface area contributed by atoms with Crippen LogP contribution in [-0.2, 0) is 0 Å². The van der Waals surface area contributed by atoms with Crippen molar-refractivity contribution >= 4 is 11.7 Å². The Morgan fingerprint density at radius 3 is 3.08 bits per heavy atom. The molecule has 1 aromatic carbocycles. The van der Waals surface area contributed by atoms with E-state index in [1.54, 1.807) is 29.4 Å². The van der Waals surface area contributed by atoms with Crippen molar-refractivity contribution in [2.75, 3.05) is 19.6 Å². The Morgan fingerprint density at radius 1 is 1.33 bits per heavy atom. The number of nitrogens with one attached hydrogen (secondary N) is 1. The molecule has 1 N–H and O–H groups in total. The van der Waals surface area contributed by atoms with Crippen LogP contribution in [0.15, 0.2) is 42.7 Å². The van der Waals surface area contributed by atoms with Crippen molar-refractivity contribution in [1.29, 1.82) is 0 Å². The van der Waals surface area contributed by atoms with Gasteiger partial charge in [-0.15, -0.1) is 5.10 Å². The Kier molecular flexibility index (Phi) is 3.66. The number of piperazine rings is 1. The Labute approximate surface area is 137 Å². The summed E-state index contributed by atoms with van der Waals surface area (Å²) in [4.78, 5) is 22.8. The van der Waals surface area contributed by atoms with Crippen LogP contribution in [0.4, 0.5) is 4.39 Å². The molecule has 24 heavy (non-hydrogen) atoms. The molecule has 0 saturated carbocycles. The van der Waals surface area contributed by atoms with Gasteiger partial charge in [0.25, 0.3) is 11.7 Å². The predicted molar refractivity (Wildman–Crippen MR) is 83.8 cm³/mol. The first-order valence-electron chi connectivity index (χ1n) is 7.67. The van der Waals surface area contributed by atoms with E-state index >= 15 is 0 Å².